The highest BCUT2D eigenvalue weighted by Gasteiger charge is 2.29. The van der Waals surface area contributed by atoms with Crippen LogP contribution in [0.25, 0.3) is 22.4 Å². The number of piperazine rings is 1. The van der Waals surface area contributed by atoms with Crippen molar-refractivity contribution in [2.45, 2.75) is 25.3 Å². The summed E-state index contributed by atoms with van der Waals surface area (Å²) in [7, 11) is 2.17. The molecule has 2 saturated heterocycles. The Morgan fingerprint density at radius 2 is 1.83 bits per heavy atom. The first kappa shape index (κ1) is 24.3. The lowest BCUT2D eigenvalue weighted by Crippen LogP contribution is -2.49. The number of thiazole rings is 1. The van der Waals surface area contributed by atoms with E-state index in [4.69, 9.17) is 10.2 Å². The molecule has 2 aliphatic heterocycles. The second-order valence-corrected chi connectivity index (χ2v) is 10.4. The molecule has 2 fully saturated rings. The van der Waals surface area contributed by atoms with Crippen LogP contribution in [-0.2, 0) is 4.79 Å². The normalized spacial score (nSPS) is 18.6. The van der Waals surface area contributed by atoms with Crippen LogP contribution >= 0.6 is 11.3 Å². The van der Waals surface area contributed by atoms with Crippen LogP contribution < -0.4 is 15.1 Å². The fourth-order valence-electron chi connectivity index (χ4n) is 5.00. The Balaban J connectivity index is 1.31. The van der Waals surface area contributed by atoms with Crippen molar-refractivity contribution in [3.8, 4) is 28.5 Å². The molecule has 2 aliphatic rings. The van der Waals surface area contributed by atoms with Gasteiger partial charge in [0.2, 0.25) is 5.91 Å². The number of hydrogen-bond acceptors (Lipinski definition) is 7. The van der Waals surface area contributed by atoms with Crippen molar-refractivity contribution in [2.24, 2.45) is 0 Å². The maximum atomic E-state index is 12.7. The van der Waals surface area contributed by atoms with Crippen molar-refractivity contribution in [1.82, 2.24) is 15.2 Å². The fraction of sp³-hybridized carbons (Fsp3) is 0.393. The summed E-state index contributed by atoms with van der Waals surface area (Å²) in [6, 6.07) is 18.8. The summed E-state index contributed by atoms with van der Waals surface area (Å²) in [5, 5.41) is 14.8. The van der Waals surface area contributed by atoms with Crippen LogP contribution in [0, 0.1) is 11.3 Å². The molecule has 186 valence electrons. The van der Waals surface area contributed by atoms with Crippen LogP contribution in [0.3, 0.4) is 0 Å². The number of carbonyl (C=O) groups excluding carboxylic acids is 1. The van der Waals surface area contributed by atoms with Crippen molar-refractivity contribution < 1.29 is 4.79 Å². The van der Waals surface area contributed by atoms with E-state index >= 15 is 0 Å². The van der Waals surface area contributed by atoms with Gasteiger partial charge in [-0.3, -0.25) is 4.79 Å². The van der Waals surface area contributed by atoms with Crippen molar-refractivity contribution >= 4 is 28.1 Å². The van der Waals surface area contributed by atoms with Crippen LogP contribution in [0.1, 0.15) is 19.3 Å². The molecule has 3 heterocycles. The first-order chi connectivity index (χ1) is 17.6. The molecule has 0 spiro atoms. The molecule has 1 aromatic heterocycles. The molecule has 1 atom stereocenters. The van der Waals surface area contributed by atoms with Gasteiger partial charge in [0.1, 0.15) is 12.6 Å². The lowest BCUT2D eigenvalue weighted by molar-refractivity contribution is -0.122. The Bertz CT molecular complexity index is 1230. The fourth-order valence-corrected chi connectivity index (χ4v) is 5.88. The molecule has 0 radical (unpaired) electrons. The summed E-state index contributed by atoms with van der Waals surface area (Å²) in [5.74, 6) is -0.0646. The number of nitrogens with one attached hydrogen (secondary N) is 1. The average Bonchev–Trinajstić information content (AvgIpc) is 3.43. The summed E-state index contributed by atoms with van der Waals surface area (Å²) in [6.07, 6.45) is 2.89. The number of hydrogen-bond donors (Lipinski definition) is 1. The average molecular weight is 501 g/mol. The SMILES string of the molecule is CN1CCN(c2nc(-c3ccc(-c4cccc(N5CCCCC5C(=O)NCC#N)c4)cc3)cs2)CC1. The topological polar surface area (TPSA) is 75.5 Å². The molecule has 3 aromatic rings. The number of benzene rings is 2. The number of piperidine rings is 1. The Morgan fingerprint density at radius 1 is 1.06 bits per heavy atom. The largest absolute Gasteiger partial charge is 0.360 e. The van der Waals surface area contributed by atoms with Crippen molar-refractivity contribution in [3.63, 3.8) is 0 Å². The third-order valence-corrected chi connectivity index (χ3v) is 8.01. The molecule has 0 bridgehead atoms. The molecule has 36 heavy (non-hydrogen) atoms. The van der Waals surface area contributed by atoms with E-state index in [1.54, 1.807) is 11.3 Å². The van der Waals surface area contributed by atoms with E-state index in [9.17, 15) is 4.79 Å². The quantitative estimate of drug-likeness (QED) is 0.511. The minimum absolute atomic E-state index is 0.0470. The zero-order valence-electron chi connectivity index (χ0n) is 20.7. The zero-order valence-corrected chi connectivity index (χ0v) is 21.5. The number of rotatable bonds is 6. The van der Waals surface area contributed by atoms with Gasteiger partial charge in [-0.15, -0.1) is 11.3 Å². The lowest BCUT2D eigenvalue weighted by Gasteiger charge is -2.36. The second-order valence-electron chi connectivity index (χ2n) is 9.51. The number of nitriles is 1. The highest BCUT2D eigenvalue weighted by atomic mass is 32.1. The number of nitrogens with zero attached hydrogens (tertiary/aromatic N) is 5. The molecule has 5 rings (SSSR count). The van der Waals surface area contributed by atoms with Gasteiger partial charge < -0.3 is 20.0 Å². The van der Waals surface area contributed by atoms with E-state index in [0.717, 1.165) is 85.2 Å². The van der Waals surface area contributed by atoms with E-state index in [1.807, 2.05) is 6.07 Å². The number of aromatic nitrogens is 1. The van der Waals surface area contributed by atoms with Gasteiger partial charge in [0.25, 0.3) is 0 Å². The third kappa shape index (κ3) is 5.38. The first-order valence-corrected chi connectivity index (χ1v) is 13.5. The Hall–Kier alpha value is -3.41. The summed E-state index contributed by atoms with van der Waals surface area (Å²) in [4.78, 5) is 24.5. The second kappa shape index (κ2) is 11.1. The first-order valence-electron chi connectivity index (χ1n) is 12.6. The smallest absolute Gasteiger partial charge is 0.243 e. The number of anilines is 2. The lowest BCUT2D eigenvalue weighted by atomic mass is 9.98. The summed E-state index contributed by atoms with van der Waals surface area (Å²) >= 11 is 1.72. The standard InChI is InChI=1S/C28H32N6OS/c1-32-15-17-33(18-16-32)28-31-25(20-36-28)22-10-8-21(9-11-22)23-5-4-6-24(19-23)34-14-3-2-7-26(34)27(35)30-13-12-29/h4-6,8-11,19-20,26H,2-3,7,13-18H2,1H3,(H,30,35). The number of likely N-dealkylation sites (N-methyl/N-ethyl adjacent to an activating group) is 1. The van der Waals surface area contributed by atoms with Crippen LogP contribution in [0.4, 0.5) is 10.8 Å². The number of carbonyl (C=O) groups is 1. The summed E-state index contributed by atoms with van der Waals surface area (Å²) < 4.78 is 0. The molecule has 2 aromatic carbocycles. The highest BCUT2D eigenvalue weighted by molar-refractivity contribution is 7.14. The third-order valence-electron chi connectivity index (χ3n) is 7.10. The van der Waals surface area contributed by atoms with Crippen molar-refractivity contribution in [3.05, 3.63) is 53.9 Å². The van der Waals surface area contributed by atoms with Crippen LogP contribution in [0.5, 0.6) is 0 Å². The minimum atomic E-state index is -0.233. The highest BCUT2D eigenvalue weighted by Crippen LogP contribution is 2.32. The van der Waals surface area contributed by atoms with Gasteiger partial charge in [-0.25, -0.2) is 4.98 Å². The molecule has 7 nitrogen and oxygen atoms in total. The maximum Gasteiger partial charge on any atom is 0.243 e. The van der Waals surface area contributed by atoms with Crippen molar-refractivity contribution in [1.29, 1.82) is 5.26 Å². The summed E-state index contributed by atoms with van der Waals surface area (Å²) in [6.45, 7) is 5.09. The maximum absolute atomic E-state index is 12.7. The molecule has 8 heteroatoms. The predicted octanol–water partition coefficient (Wildman–Crippen LogP) is 4.23. The molecule has 1 N–H and O–H groups in total. The van der Waals surface area contributed by atoms with Crippen LogP contribution in [0.15, 0.2) is 53.9 Å². The number of amides is 1. The van der Waals surface area contributed by atoms with Crippen LogP contribution in [0.2, 0.25) is 0 Å². The molecule has 0 saturated carbocycles. The molecule has 1 unspecified atom stereocenters. The van der Waals surface area contributed by atoms with E-state index in [2.05, 4.69) is 81.0 Å². The van der Waals surface area contributed by atoms with Gasteiger partial charge in [-0.05, 0) is 49.6 Å². The summed E-state index contributed by atoms with van der Waals surface area (Å²) in [5.41, 5.74) is 5.45. The van der Waals surface area contributed by atoms with Gasteiger partial charge in [0.05, 0.1) is 11.8 Å². The molecule has 1 amide bonds. The minimum Gasteiger partial charge on any atom is -0.360 e. The van der Waals surface area contributed by atoms with Crippen molar-refractivity contribution in [2.75, 3.05) is 56.1 Å². The molecular weight excluding hydrogens is 468 g/mol. The Morgan fingerprint density at radius 3 is 2.61 bits per heavy atom. The Kier molecular flexibility index (Phi) is 7.49. The molecule has 0 aliphatic carbocycles. The van der Waals surface area contributed by atoms with Gasteiger partial charge in [0, 0.05) is 49.4 Å². The monoisotopic (exact) mass is 500 g/mol. The van der Waals surface area contributed by atoms with Gasteiger partial charge in [0.15, 0.2) is 5.13 Å². The van der Waals surface area contributed by atoms with E-state index in [1.165, 1.54) is 0 Å². The predicted molar refractivity (Wildman–Crippen MR) is 146 cm³/mol. The van der Waals surface area contributed by atoms with E-state index < -0.39 is 0 Å². The van der Waals surface area contributed by atoms with Gasteiger partial charge >= 0.3 is 0 Å². The Labute approximate surface area is 217 Å². The van der Waals surface area contributed by atoms with Crippen LogP contribution in [-0.4, -0.2) is 68.1 Å². The van der Waals surface area contributed by atoms with E-state index in [-0.39, 0.29) is 18.5 Å². The molecular formula is C28H32N6OS. The zero-order chi connectivity index (χ0) is 24.9. The van der Waals surface area contributed by atoms with Gasteiger partial charge in [-0.2, -0.15) is 5.26 Å². The van der Waals surface area contributed by atoms with Gasteiger partial charge in [-0.1, -0.05) is 36.4 Å². The van der Waals surface area contributed by atoms with E-state index in [0.29, 0.717) is 0 Å².